The summed E-state index contributed by atoms with van der Waals surface area (Å²) in [6.07, 6.45) is 1.68. The Bertz CT molecular complexity index is 545. The number of nitrogens with one attached hydrogen (secondary N) is 1. The highest BCUT2D eigenvalue weighted by Gasteiger charge is 2.43. The Balaban J connectivity index is 1.70. The van der Waals surface area contributed by atoms with Gasteiger partial charge in [0.05, 0.1) is 5.25 Å². The highest BCUT2D eigenvalue weighted by Crippen LogP contribution is 2.37. The molecule has 6 heteroatoms. The first-order chi connectivity index (χ1) is 10.1. The zero-order chi connectivity index (χ0) is 14.9. The van der Waals surface area contributed by atoms with Gasteiger partial charge in [-0.1, -0.05) is 18.2 Å². The third kappa shape index (κ3) is 2.92. The number of benzene rings is 1. The van der Waals surface area contributed by atoms with Crippen molar-refractivity contribution in [2.75, 3.05) is 11.5 Å². The topological polar surface area (TPSA) is 66.4 Å². The zero-order valence-corrected chi connectivity index (χ0v) is 13.1. The molecule has 21 heavy (non-hydrogen) atoms. The van der Waals surface area contributed by atoms with Gasteiger partial charge >= 0.3 is 5.97 Å². The maximum Gasteiger partial charge on any atom is 0.329 e. The largest absolute Gasteiger partial charge is 0.480 e. The number of rotatable bonds is 3. The predicted molar refractivity (Wildman–Crippen MR) is 84.9 cm³/mol. The summed E-state index contributed by atoms with van der Waals surface area (Å²) < 4.78 is 0. The maximum absolute atomic E-state index is 12.5. The quantitative estimate of drug-likeness (QED) is 0.892. The second kappa shape index (κ2) is 5.93. The van der Waals surface area contributed by atoms with Crippen LogP contribution < -0.4 is 5.32 Å². The van der Waals surface area contributed by atoms with Crippen LogP contribution in [0, 0.1) is 0 Å². The van der Waals surface area contributed by atoms with E-state index in [1.165, 1.54) is 17.3 Å². The molecular weight excluding hydrogens is 306 g/mol. The van der Waals surface area contributed by atoms with Crippen molar-refractivity contribution in [2.24, 2.45) is 0 Å². The van der Waals surface area contributed by atoms with Gasteiger partial charge in [0.25, 0.3) is 0 Å². The zero-order valence-electron chi connectivity index (χ0n) is 11.5. The van der Waals surface area contributed by atoms with Crippen LogP contribution >= 0.6 is 23.5 Å². The highest BCUT2D eigenvalue weighted by atomic mass is 32.2. The van der Waals surface area contributed by atoms with Crippen molar-refractivity contribution in [3.05, 3.63) is 29.8 Å². The molecule has 0 bridgehead atoms. The number of carboxylic acids is 1. The number of hydrogen-bond donors (Lipinski definition) is 2. The molecule has 2 aliphatic heterocycles. The molecule has 1 aromatic carbocycles. The molecule has 0 aliphatic carbocycles. The minimum absolute atomic E-state index is 0.148. The van der Waals surface area contributed by atoms with Gasteiger partial charge in [-0.2, -0.15) is 11.8 Å². The lowest BCUT2D eigenvalue weighted by molar-refractivity contribution is -0.148. The van der Waals surface area contributed by atoms with E-state index in [2.05, 4.69) is 5.32 Å². The number of thioether (sulfide) groups is 2. The average Bonchev–Trinajstić information content (AvgIpc) is 2.92. The fraction of sp³-hybridized carbons (Fsp3) is 0.467. The summed E-state index contributed by atoms with van der Waals surface area (Å²) >= 11 is 3.28. The summed E-state index contributed by atoms with van der Waals surface area (Å²) in [6.45, 7) is 0. The monoisotopic (exact) mass is 323 g/mol. The summed E-state index contributed by atoms with van der Waals surface area (Å²) in [5.74, 6) is 0.511. The van der Waals surface area contributed by atoms with Crippen LogP contribution in [0.4, 0.5) is 0 Å². The molecule has 1 aromatic rings. The van der Waals surface area contributed by atoms with E-state index in [-0.39, 0.29) is 11.2 Å². The highest BCUT2D eigenvalue weighted by molar-refractivity contribution is 8.01. The third-order valence-corrected chi connectivity index (χ3v) is 6.36. The van der Waals surface area contributed by atoms with Crippen molar-refractivity contribution in [3.8, 4) is 0 Å². The van der Waals surface area contributed by atoms with Gasteiger partial charge < -0.3 is 10.4 Å². The lowest BCUT2D eigenvalue weighted by Crippen LogP contribution is -2.58. The molecule has 1 amide bonds. The Labute approximate surface area is 132 Å². The first-order valence-electron chi connectivity index (χ1n) is 6.98. The molecule has 1 atom stereocenters. The van der Waals surface area contributed by atoms with Gasteiger partial charge in [-0.15, -0.1) is 11.8 Å². The summed E-state index contributed by atoms with van der Waals surface area (Å²) in [5.41, 5.74) is 0.101. The molecular formula is C15H17NO3S2. The van der Waals surface area contributed by atoms with Gasteiger partial charge in [0.15, 0.2) is 0 Å². The molecule has 0 spiro atoms. The molecule has 2 N–H and O–H groups in total. The molecule has 2 aliphatic rings. The first-order valence-corrected chi connectivity index (χ1v) is 9.02. The van der Waals surface area contributed by atoms with E-state index in [1.807, 2.05) is 24.3 Å². The second-order valence-electron chi connectivity index (χ2n) is 5.41. The van der Waals surface area contributed by atoms with Crippen LogP contribution in [0.1, 0.15) is 18.4 Å². The molecule has 112 valence electrons. The van der Waals surface area contributed by atoms with Crippen LogP contribution in [-0.4, -0.2) is 39.3 Å². The fourth-order valence-electron chi connectivity index (χ4n) is 2.76. The summed E-state index contributed by atoms with van der Waals surface area (Å²) in [7, 11) is 0. The van der Waals surface area contributed by atoms with Crippen molar-refractivity contribution in [2.45, 2.75) is 34.9 Å². The predicted octanol–water partition coefficient (Wildman–Crippen LogP) is 2.17. The minimum Gasteiger partial charge on any atom is -0.480 e. The number of carboxylic acid groups (broad SMARTS) is 1. The van der Waals surface area contributed by atoms with E-state index in [0.717, 1.165) is 16.4 Å². The Hall–Kier alpha value is -1.14. The SMILES string of the molecule is O=C(NC1(C(=O)O)CCSCC1)C1Cc2ccccc2S1. The standard InChI is InChI=1S/C15H17NO3S2/c17-13(12-9-10-3-1-2-4-11(10)21-12)16-15(14(18)19)5-7-20-8-6-15/h1-4,12H,5-9H2,(H,16,17)(H,18,19). The van der Waals surface area contributed by atoms with E-state index in [1.54, 1.807) is 11.8 Å². The van der Waals surface area contributed by atoms with Gasteiger partial charge in [-0.05, 0) is 42.4 Å². The summed E-state index contributed by atoms with van der Waals surface area (Å²) in [5, 5.41) is 12.1. The lowest BCUT2D eigenvalue weighted by Gasteiger charge is -2.34. The van der Waals surface area contributed by atoms with Crippen molar-refractivity contribution >= 4 is 35.4 Å². The van der Waals surface area contributed by atoms with Crippen molar-refractivity contribution < 1.29 is 14.7 Å². The first kappa shape index (κ1) is 14.8. The summed E-state index contributed by atoms with van der Waals surface area (Å²) in [6, 6.07) is 7.97. The molecule has 1 saturated heterocycles. The second-order valence-corrected chi connectivity index (χ2v) is 7.88. The van der Waals surface area contributed by atoms with Crippen LogP contribution in [-0.2, 0) is 16.0 Å². The van der Waals surface area contributed by atoms with E-state index in [9.17, 15) is 14.7 Å². The van der Waals surface area contributed by atoms with Crippen molar-refractivity contribution in [3.63, 3.8) is 0 Å². The van der Waals surface area contributed by atoms with Gasteiger partial charge in [0.2, 0.25) is 5.91 Å². The minimum atomic E-state index is -1.07. The molecule has 0 aromatic heterocycles. The average molecular weight is 323 g/mol. The van der Waals surface area contributed by atoms with E-state index in [0.29, 0.717) is 19.3 Å². The fourth-order valence-corrected chi connectivity index (χ4v) is 5.14. The van der Waals surface area contributed by atoms with Gasteiger partial charge in [-0.25, -0.2) is 4.79 Å². The Morgan fingerprint density at radius 3 is 2.62 bits per heavy atom. The number of hydrogen-bond acceptors (Lipinski definition) is 4. The molecule has 0 saturated carbocycles. The Morgan fingerprint density at radius 1 is 1.24 bits per heavy atom. The van der Waals surface area contributed by atoms with E-state index < -0.39 is 11.5 Å². The van der Waals surface area contributed by atoms with Crippen LogP contribution in [0.3, 0.4) is 0 Å². The van der Waals surface area contributed by atoms with Crippen LogP contribution in [0.25, 0.3) is 0 Å². The van der Waals surface area contributed by atoms with Crippen molar-refractivity contribution in [1.82, 2.24) is 5.32 Å². The van der Waals surface area contributed by atoms with Gasteiger partial charge in [0.1, 0.15) is 5.54 Å². The van der Waals surface area contributed by atoms with E-state index >= 15 is 0 Å². The number of fused-ring (bicyclic) bond motifs is 1. The van der Waals surface area contributed by atoms with Crippen LogP contribution in [0.5, 0.6) is 0 Å². The molecule has 0 radical (unpaired) electrons. The van der Waals surface area contributed by atoms with Gasteiger partial charge in [0, 0.05) is 4.90 Å². The number of carbonyl (C=O) groups is 2. The summed E-state index contributed by atoms with van der Waals surface area (Å²) in [4.78, 5) is 25.2. The Kier molecular flexibility index (Phi) is 4.17. The Morgan fingerprint density at radius 2 is 1.95 bits per heavy atom. The lowest BCUT2D eigenvalue weighted by atomic mass is 9.92. The maximum atomic E-state index is 12.5. The molecule has 1 fully saturated rings. The van der Waals surface area contributed by atoms with Gasteiger partial charge in [-0.3, -0.25) is 4.79 Å². The number of carbonyl (C=O) groups excluding carboxylic acids is 1. The van der Waals surface area contributed by atoms with E-state index in [4.69, 9.17) is 0 Å². The molecule has 3 rings (SSSR count). The molecule has 4 nitrogen and oxygen atoms in total. The smallest absolute Gasteiger partial charge is 0.329 e. The molecule has 2 heterocycles. The number of amides is 1. The van der Waals surface area contributed by atoms with Crippen LogP contribution in [0.15, 0.2) is 29.2 Å². The number of aliphatic carboxylic acids is 1. The van der Waals surface area contributed by atoms with Crippen molar-refractivity contribution in [1.29, 1.82) is 0 Å². The third-order valence-electron chi connectivity index (χ3n) is 4.06. The molecule has 1 unspecified atom stereocenters. The normalized spacial score (nSPS) is 23.3. The van der Waals surface area contributed by atoms with Crippen LogP contribution in [0.2, 0.25) is 0 Å².